The Hall–Kier alpha value is -1.14. The maximum absolute atomic E-state index is 12.3. The summed E-state index contributed by atoms with van der Waals surface area (Å²) in [5.74, 6) is 0.830. The van der Waals surface area contributed by atoms with Gasteiger partial charge in [-0.1, -0.05) is 13.8 Å². The summed E-state index contributed by atoms with van der Waals surface area (Å²) >= 11 is 1.57. The van der Waals surface area contributed by atoms with Crippen molar-refractivity contribution in [2.45, 2.75) is 45.4 Å². The number of ketones is 1. The molecule has 3 heteroatoms. The van der Waals surface area contributed by atoms with Crippen LogP contribution in [0.15, 0.2) is 0 Å². The molecule has 2 aliphatic carbocycles. The molecule has 0 N–H and O–H groups in total. The van der Waals surface area contributed by atoms with Gasteiger partial charge in [-0.15, -0.1) is 11.3 Å². The highest BCUT2D eigenvalue weighted by atomic mass is 32.1. The van der Waals surface area contributed by atoms with Gasteiger partial charge in [-0.2, -0.15) is 5.26 Å². The van der Waals surface area contributed by atoms with E-state index < -0.39 is 0 Å². The van der Waals surface area contributed by atoms with E-state index in [0.717, 1.165) is 22.4 Å². The molecule has 17 heavy (non-hydrogen) atoms. The molecule has 1 aromatic heterocycles. The lowest BCUT2D eigenvalue weighted by Gasteiger charge is -2.29. The zero-order chi connectivity index (χ0) is 12.2. The van der Waals surface area contributed by atoms with Crippen LogP contribution in [-0.4, -0.2) is 5.78 Å². The van der Waals surface area contributed by atoms with E-state index in [1.807, 2.05) is 0 Å². The predicted octanol–water partition coefficient (Wildman–Crippen LogP) is 3.65. The molecule has 0 aromatic carbocycles. The van der Waals surface area contributed by atoms with Crippen molar-refractivity contribution in [3.63, 3.8) is 0 Å². The van der Waals surface area contributed by atoms with Crippen LogP contribution in [0, 0.1) is 16.7 Å². The minimum atomic E-state index is 0.0115. The average Bonchev–Trinajstić information content (AvgIpc) is 2.99. The van der Waals surface area contributed by atoms with E-state index in [1.165, 1.54) is 17.7 Å². The summed E-state index contributed by atoms with van der Waals surface area (Å²) in [5, 5.41) is 9.21. The van der Waals surface area contributed by atoms with Gasteiger partial charge in [0.1, 0.15) is 10.9 Å². The number of nitriles is 1. The van der Waals surface area contributed by atoms with Crippen LogP contribution in [0.25, 0.3) is 0 Å². The van der Waals surface area contributed by atoms with E-state index in [2.05, 4.69) is 19.9 Å². The molecule has 0 unspecified atom stereocenters. The lowest BCUT2D eigenvalue weighted by molar-refractivity contribution is 0.0912. The van der Waals surface area contributed by atoms with E-state index in [4.69, 9.17) is 0 Å². The number of carbonyl (C=O) groups is 1. The number of carbonyl (C=O) groups excluding carboxylic acids is 1. The van der Waals surface area contributed by atoms with Crippen molar-refractivity contribution in [2.24, 2.45) is 5.41 Å². The largest absolute Gasteiger partial charge is 0.294 e. The van der Waals surface area contributed by atoms with Crippen LogP contribution in [0.2, 0.25) is 0 Å². The standard InChI is InChI=1S/C14H15NOS/c1-14(2)5-9-11(7-15)17-13(8-3-4-8)12(9)10(16)6-14/h8H,3-6H2,1-2H3. The second kappa shape index (κ2) is 3.43. The van der Waals surface area contributed by atoms with Crippen LogP contribution >= 0.6 is 11.3 Å². The van der Waals surface area contributed by atoms with Crippen molar-refractivity contribution < 1.29 is 4.79 Å². The van der Waals surface area contributed by atoms with E-state index in [0.29, 0.717) is 12.3 Å². The van der Waals surface area contributed by atoms with Crippen LogP contribution in [0.4, 0.5) is 0 Å². The van der Waals surface area contributed by atoms with Crippen molar-refractivity contribution in [1.29, 1.82) is 5.26 Å². The third-order valence-electron chi connectivity index (χ3n) is 3.66. The highest BCUT2D eigenvalue weighted by Crippen LogP contribution is 2.50. The van der Waals surface area contributed by atoms with Crippen LogP contribution in [0.1, 0.15) is 64.7 Å². The van der Waals surface area contributed by atoms with Gasteiger partial charge in [0.2, 0.25) is 0 Å². The van der Waals surface area contributed by atoms with Gasteiger partial charge in [-0.05, 0) is 36.2 Å². The second-order valence-electron chi connectivity index (χ2n) is 5.98. The predicted molar refractivity (Wildman–Crippen MR) is 67.4 cm³/mol. The number of hydrogen-bond acceptors (Lipinski definition) is 3. The van der Waals surface area contributed by atoms with E-state index in [9.17, 15) is 10.1 Å². The quantitative estimate of drug-likeness (QED) is 0.757. The number of thiophene rings is 1. The summed E-state index contributed by atoms with van der Waals surface area (Å²) in [6.07, 6.45) is 3.88. The van der Waals surface area contributed by atoms with Crippen LogP contribution < -0.4 is 0 Å². The Morgan fingerprint density at radius 3 is 2.65 bits per heavy atom. The Morgan fingerprint density at radius 2 is 2.06 bits per heavy atom. The lowest BCUT2D eigenvalue weighted by Crippen LogP contribution is -2.27. The summed E-state index contributed by atoms with van der Waals surface area (Å²) in [4.78, 5) is 14.3. The number of Topliss-reactive ketones (excluding diaryl/α,β-unsaturated/α-hetero) is 1. The van der Waals surface area contributed by atoms with E-state index >= 15 is 0 Å². The van der Waals surface area contributed by atoms with Gasteiger partial charge >= 0.3 is 0 Å². The monoisotopic (exact) mass is 245 g/mol. The maximum Gasteiger partial charge on any atom is 0.164 e. The first-order valence-electron chi connectivity index (χ1n) is 6.11. The molecule has 0 spiro atoms. The van der Waals surface area contributed by atoms with Gasteiger partial charge in [-0.3, -0.25) is 4.79 Å². The first-order chi connectivity index (χ1) is 8.02. The number of fused-ring (bicyclic) bond motifs is 1. The molecule has 0 atom stereocenters. The Labute approximate surface area is 105 Å². The molecule has 88 valence electrons. The highest BCUT2D eigenvalue weighted by molar-refractivity contribution is 7.13. The normalized spacial score (nSPS) is 22.1. The van der Waals surface area contributed by atoms with Gasteiger partial charge < -0.3 is 0 Å². The van der Waals surface area contributed by atoms with Gasteiger partial charge in [-0.25, -0.2) is 0 Å². The smallest absolute Gasteiger partial charge is 0.164 e. The summed E-state index contributed by atoms with van der Waals surface area (Å²) in [6, 6.07) is 2.28. The van der Waals surface area contributed by atoms with Gasteiger partial charge in [0, 0.05) is 16.9 Å². The third kappa shape index (κ3) is 1.71. The molecule has 2 aliphatic rings. The van der Waals surface area contributed by atoms with Crippen molar-refractivity contribution in [2.75, 3.05) is 0 Å². The molecule has 1 fully saturated rings. The fourth-order valence-corrected chi connectivity index (χ4v) is 4.05. The lowest BCUT2D eigenvalue weighted by atomic mass is 9.73. The van der Waals surface area contributed by atoms with E-state index in [1.54, 1.807) is 11.3 Å². The number of rotatable bonds is 1. The molecule has 0 aliphatic heterocycles. The number of nitrogens with zero attached hydrogens (tertiary/aromatic N) is 1. The molecule has 1 heterocycles. The maximum atomic E-state index is 12.3. The fourth-order valence-electron chi connectivity index (χ4n) is 2.75. The fraction of sp³-hybridized carbons (Fsp3) is 0.571. The molecule has 1 saturated carbocycles. The van der Waals surface area contributed by atoms with Gasteiger partial charge in [0.05, 0.1) is 0 Å². The van der Waals surface area contributed by atoms with Crippen LogP contribution in [0.3, 0.4) is 0 Å². The summed E-state index contributed by atoms with van der Waals surface area (Å²) < 4.78 is 0. The SMILES string of the molecule is CC1(C)CC(=O)c2c(C3CC3)sc(C#N)c2C1. The Balaban J connectivity index is 2.18. The molecular weight excluding hydrogens is 230 g/mol. The minimum absolute atomic E-state index is 0.0115. The highest BCUT2D eigenvalue weighted by Gasteiger charge is 2.39. The van der Waals surface area contributed by atoms with Gasteiger partial charge in [0.15, 0.2) is 5.78 Å². The average molecular weight is 245 g/mol. The molecule has 2 nitrogen and oxygen atoms in total. The van der Waals surface area contributed by atoms with E-state index in [-0.39, 0.29) is 11.2 Å². The molecular formula is C14H15NOS. The van der Waals surface area contributed by atoms with Crippen molar-refractivity contribution in [3.8, 4) is 6.07 Å². The van der Waals surface area contributed by atoms with Crippen LogP contribution in [-0.2, 0) is 6.42 Å². The molecule has 0 bridgehead atoms. The summed E-state index contributed by atoms with van der Waals surface area (Å²) in [6.45, 7) is 4.23. The molecule has 0 saturated heterocycles. The number of hydrogen-bond donors (Lipinski definition) is 0. The third-order valence-corrected chi connectivity index (χ3v) is 4.96. The topological polar surface area (TPSA) is 40.9 Å². The minimum Gasteiger partial charge on any atom is -0.294 e. The second-order valence-corrected chi connectivity index (χ2v) is 7.03. The Kier molecular flexibility index (Phi) is 2.21. The van der Waals surface area contributed by atoms with Crippen molar-refractivity contribution in [3.05, 3.63) is 20.9 Å². The zero-order valence-electron chi connectivity index (χ0n) is 10.2. The van der Waals surface area contributed by atoms with Gasteiger partial charge in [0.25, 0.3) is 0 Å². The first-order valence-corrected chi connectivity index (χ1v) is 6.92. The first kappa shape index (κ1) is 11.0. The molecule has 3 rings (SSSR count). The molecule has 0 radical (unpaired) electrons. The Morgan fingerprint density at radius 1 is 1.35 bits per heavy atom. The summed E-state index contributed by atoms with van der Waals surface area (Å²) in [7, 11) is 0. The molecule has 0 amide bonds. The van der Waals surface area contributed by atoms with Crippen LogP contribution in [0.5, 0.6) is 0 Å². The zero-order valence-corrected chi connectivity index (χ0v) is 11.0. The summed E-state index contributed by atoms with van der Waals surface area (Å²) in [5.41, 5.74) is 1.98. The van der Waals surface area contributed by atoms with Crippen molar-refractivity contribution in [1.82, 2.24) is 0 Å². The molecule has 1 aromatic rings. The Bertz CT molecular complexity index is 543. The van der Waals surface area contributed by atoms with Crippen molar-refractivity contribution >= 4 is 17.1 Å².